The molecule has 0 fully saturated rings. The third-order valence-electron chi connectivity index (χ3n) is 2.98. The maximum Gasteiger partial charge on any atom is 0.326 e. The Balaban J connectivity index is 4.94. The van der Waals surface area contributed by atoms with E-state index in [9.17, 15) is 28.8 Å². The van der Waals surface area contributed by atoms with Crippen LogP contribution < -0.4 is 21.7 Å². The van der Waals surface area contributed by atoms with E-state index in [-0.39, 0.29) is 0 Å². The maximum absolute atomic E-state index is 12.0. The fourth-order valence-corrected chi connectivity index (χ4v) is 1.66. The van der Waals surface area contributed by atoms with Gasteiger partial charge in [-0.25, -0.2) is 4.79 Å². The molecular weight excluding hydrogens is 372 g/mol. The van der Waals surface area contributed by atoms with Crippen LogP contribution in [-0.4, -0.2) is 87.3 Å². The Labute approximate surface area is 151 Å². The molecule has 0 radical (unpaired) electrons. The van der Waals surface area contributed by atoms with Gasteiger partial charge in [-0.3, -0.25) is 24.0 Å². The molecular formula is C13H20N4O10. The second kappa shape index (κ2) is 11.4. The number of hydrogen-bond donors (Lipinski definition) is 8. The standard InChI is InChI=1S/C13H20N4O10/c14-5(4-18)11(24)15-3-8(19)16-6(1-9(20)21)12(25)17-7(13(26)27)2-10(22)23/h5-7,18H,1-4,14H2,(H,15,24)(H,16,19)(H,17,25)(H,20,21)(H,22,23)(H,26,27). The summed E-state index contributed by atoms with van der Waals surface area (Å²) in [7, 11) is 0. The predicted octanol–water partition coefficient (Wildman–Crippen LogP) is -4.57. The van der Waals surface area contributed by atoms with E-state index in [1.54, 1.807) is 0 Å². The van der Waals surface area contributed by atoms with E-state index in [1.165, 1.54) is 0 Å². The average Bonchev–Trinajstić information content (AvgIpc) is 2.56. The van der Waals surface area contributed by atoms with Crippen molar-refractivity contribution in [3.8, 4) is 0 Å². The Kier molecular flexibility index (Phi) is 10.0. The van der Waals surface area contributed by atoms with Crippen LogP contribution in [0.5, 0.6) is 0 Å². The van der Waals surface area contributed by atoms with E-state index in [1.807, 2.05) is 16.0 Å². The van der Waals surface area contributed by atoms with Gasteiger partial charge in [0.05, 0.1) is 26.0 Å². The molecule has 3 unspecified atom stereocenters. The van der Waals surface area contributed by atoms with Crippen LogP contribution in [-0.2, 0) is 28.8 Å². The Morgan fingerprint density at radius 3 is 1.78 bits per heavy atom. The Hall–Kier alpha value is -3.26. The zero-order valence-corrected chi connectivity index (χ0v) is 13.9. The highest BCUT2D eigenvalue weighted by Gasteiger charge is 2.29. The average molecular weight is 392 g/mol. The monoisotopic (exact) mass is 392 g/mol. The Morgan fingerprint density at radius 1 is 0.815 bits per heavy atom. The first-order valence-corrected chi connectivity index (χ1v) is 7.38. The number of hydrogen-bond acceptors (Lipinski definition) is 8. The zero-order valence-electron chi connectivity index (χ0n) is 13.9. The van der Waals surface area contributed by atoms with Crippen molar-refractivity contribution in [1.82, 2.24) is 16.0 Å². The van der Waals surface area contributed by atoms with Crippen molar-refractivity contribution in [3.05, 3.63) is 0 Å². The predicted molar refractivity (Wildman–Crippen MR) is 84.1 cm³/mol. The number of carbonyl (C=O) groups excluding carboxylic acids is 3. The van der Waals surface area contributed by atoms with Crippen LogP contribution in [0, 0.1) is 0 Å². The highest BCUT2D eigenvalue weighted by Crippen LogP contribution is 1.98. The van der Waals surface area contributed by atoms with Gasteiger partial charge in [0, 0.05) is 0 Å². The van der Waals surface area contributed by atoms with Gasteiger partial charge in [0.15, 0.2) is 0 Å². The van der Waals surface area contributed by atoms with Crippen LogP contribution in [0.3, 0.4) is 0 Å². The first-order valence-electron chi connectivity index (χ1n) is 7.38. The van der Waals surface area contributed by atoms with Gasteiger partial charge < -0.3 is 42.1 Å². The van der Waals surface area contributed by atoms with Gasteiger partial charge in [0.1, 0.15) is 18.1 Å². The summed E-state index contributed by atoms with van der Waals surface area (Å²) in [5, 5.41) is 40.8. The van der Waals surface area contributed by atoms with Crippen LogP contribution in [0.1, 0.15) is 12.8 Å². The van der Waals surface area contributed by atoms with Crippen LogP contribution in [0.2, 0.25) is 0 Å². The summed E-state index contributed by atoms with van der Waals surface area (Å²) in [6.45, 7) is -1.38. The molecule has 0 aromatic rings. The molecule has 0 aromatic carbocycles. The first-order chi connectivity index (χ1) is 12.5. The van der Waals surface area contributed by atoms with E-state index in [0.29, 0.717) is 0 Å². The van der Waals surface area contributed by atoms with E-state index < -0.39 is 79.7 Å². The van der Waals surface area contributed by atoms with E-state index in [4.69, 9.17) is 26.2 Å². The van der Waals surface area contributed by atoms with Crippen molar-refractivity contribution in [2.45, 2.75) is 31.0 Å². The molecule has 0 aliphatic rings. The van der Waals surface area contributed by atoms with Crippen molar-refractivity contribution in [2.24, 2.45) is 5.73 Å². The van der Waals surface area contributed by atoms with Gasteiger partial charge in [-0.2, -0.15) is 0 Å². The Morgan fingerprint density at radius 2 is 1.33 bits per heavy atom. The summed E-state index contributed by atoms with van der Waals surface area (Å²) in [6.07, 6.45) is -1.90. The van der Waals surface area contributed by atoms with Crippen LogP contribution in [0.15, 0.2) is 0 Å². The van der Waals surface area contributed by atoms with Crippen molar-refractivity contribution in [2.75, 3.05) is 13.2 Å². The van der Waals surface area contributed by atoms with E-state index in [0.717, 1.165) is 0 Å². The van der Waals surface area contributed by atoms with Gasteiger partial charge in [0.2, 0.25) is 17.7 Å². The molecule has 0 aliphatic heterocycles. The SMILES string of the molecule is NC(CO)C(=O)NCC(=O)NC(CC(=O)O)C(=O)NC(CC(=O)O)C(=O)O. The number of nitrogens with one attached hydrogen (secondary N) is 3. The molecule has 0 aliphatic carbocycles. The lowest BCUT2D eigenvalue weighted by Gasteiger charge is -2.20. The van der Waals surface area contributed by atoms with E-state index in [2.05, 4.69) is 0 Å². The number of nitrogens with two attached hydrogens (primary N) is 1. The summed E-state index contributed by atoms with van der Waals surface area (Å²) in [5.74, 6) is -7.81. The number of aliphatic hydroxyl groups excluding tert-OH is 1. The molecule has 0 aromatic heterocycles. The molecule has 3 amide bonds. The molecule has 9 N–H and O–H groups in total. The summed E-state index contributed by atoms with van der Waals surface area (Å²) in [6, 6.07) is -4.86. The molecule has 0 bridgehead atoms. The fourth-order valence-electron chi connectivity index (χ4n) is 1.66. The summed E-state index contributed by atoms with van der Waals surface area (Å²) < 4.78 is 0. The maximum atomic E-state index is 12.0. The van der Waals surface area contributed by atoms with Gasteiger partial charge in [-0.15, -0.1) is 0 Å². The number of aliphatic carboxylic acids is 3. The van der Waals surface area contributed by atoms with E-state index >= 15 is 0 Å². The lowest BCUT2D eigenvalue weighted by molar-refractivity contribution is -0.148. The molecule has 0 saturated heterocycles. The zero-order chi connectivity index (χ0) is 21.1. The van der Waals surface area contributed by atoms with Gasteiger partial charge in [-0.1, -0.05) is 0 Å². The molecule has 0 saturated carbocycles. The largest absolute Gasteiger partial charge is 0.481 e. The fraction of sp³-hybridized carbons (Fsp3) is 0.538. The lowest BCUT2D eigenvalue weighted by Crippen LogP contribution is -2.54. The molecule has 152 valence electrons. The highest BCUT2D eigenvalue weighted by molar-refractivity contribution is 5.95. The third-order valence-corrected chi connectivity index (χ3v) is 2.98. The minimum Gasteiger partial charge on any atom is -0.481 e. The van der Waals surface area contributed by atoms with Crippen LogP contribution in [0.25, 0.3) is 0 Å². The number of amides is 3. The first kappa shape index (κ1) is 23.7. The normalized spacial score (nSPS) is 13.6. The Bertz CT molecular complexity index is 608. The molecule has 0 rings (SSSR count). The minimum atomic E-state index is -1.84. The van der Waals surface area contributed by atoms with Crippen molar-refractivity contribution < 1.29 is 49.2 Å². The van der Waals surface area contributed by atoms with Crippen molar-refractivity contribution >= 4 is 35.6 Å². The summed E-state index contributed by atoms with van der Waals surface area (Å²) in [5.41, 5.74) is 5.20. The third kappa shape index (κ3) is 9.71. The smallest absolute Gasteiger partial charge is 0.326 e. The topological polar surface area (TPSA) is 245 Å². The van der Waals surface area contributed by atoms with Crippen LogP contribution >= 0.6 is 0 Å². The lowest BCUT2D eigenvalue weighted by atomic mass is 10.1. The van der Waals surface area contributed by atoms with Gasteiger partial charge in [0.25, 0.3) is 0 Å². The van der Waals surface area contributed by atoms with Crippen molar-refractivity contribution in [3.63, 3.8) is 0 Å². The molecule has 0 spiro atoms. The van der Waals surface area contributed by atoms with Crippen molar-refractivity contribution in [1.29, 1.82) is 0 Å². The van der Waals surface area contributed by atoms with Gasteiger partial charge >= 0.3 is 17.9 Å². The molecule has 0 heterocycles. The second-order valence-electron chi connectivity index (χ2n) is 5.22. The number of carboxylic acid groups (broad SMARTS) is 3. The van der Waals surface area contributed by atoms with Gasteiger partial charge in [-0.05, 0) is 0 Å². The summed E-state index contributed by atoms with van der Waals surface area (Å²) >= 11 is 0. The molecule has 14 heteroatoms. The number of carboxylic acids is 3. The quantitative estimate of drug-likeness (QED) is 0.157. The van der Waals surface area contributed by atoms with Crippen LogP contribution in [0.4, 0.5) is 0 Å². The number of carbonyl (C=O) groups is 6. The second-order valence-corrected chi connectivity index (χ2v) is 5.22. The summed E-state index contributed by atoms with van der Waals surface area (Å²) in [4.78, 5) is 67.5. The molecule has 14 nitrogen and oxygen atoms in total. The molecule has 27 heavy (non-hydrogen) atoms. The minimum absolute atomic E-state index is 0.683. The number of aliphatic hydroxyl groups is 1. The highest BCUT2D eigenvalue weighted by atomic mass is 16.4. The number of rotatable bonds is 12. The molecule has 3 atom stereocenters.